The van der Waals surface area contributed by atoms with E-state index in [1.165, 1.54) is 12.0 Å². The molecule has 2 heterocycles. The van der Waals surface area contributed by atoms with Gasteiger partial charge in [0, 0.05) is 34.8 Å². The van der Waals surface area contributed by atoms with E-state index in [-0.39, 0.29) is 11.3 Å². The van der Waals surface area contributed by atoms with Crippen LogP contribution in [-0.4, -0.2) is 40.3 Å². The molecule has 1 aliphatic heterocycles. The number of carbonyl (C=O) groups is 2. The van der Waals surface area contributed by atoms with Gasteiger partial charge in [-0.15, -0.1) is 0 Å². The van der Waals surface area contributed by atoms with E-state index in [1.807, 2.05) is 31.2 Å². The predicted molar refractivity (Wildman–Crippen MR) is 116 cm³/mol. The van der Waals surface area contributed by atoms with Gasteiger partial charge in [-0.2, -0.15) is 0 Å². The summed E-state index contributed by atoms with van der Waals surface area (Å²) in [6.45, 7) is 2.34. The largest absolute Gasteiger partial charge is 0.507 e. The van der Waals surface area contributed by atoms with E-state index in [0.717, 1.165) is 16.5 Å². The lowest BCUT2D eigenvalue weighted by molar-refractivity contribution is -0.139. The summed E-state index contributed by atoms with van der Waals surface area (Å²) < 4.78 is 5.23. The van der Waals surface area contributed by atoms with Crippen molar-refractivity contribution in [2.75, 3.05) is 13.7 Å². The van der Waals surface area contributed by atoms with Crippen LogP contribution >= 0.6 is 11.6 Å². The number of aromatic nitrogens is 1. The highest BCUT2D eigenvalue weighted by Gasteiger charge is 2.46. The maximum Gasteiger partial charge on any atom is 0.295 e. The fraction of sp³-hybridized carbons (Fsp3) is 0.217. The fourth-order valence-corrected chi connectivity index (χ4v) is 4.15. The number of para-hydroxylation sites is 1. The molecule has 2 aromatic carbocycles. The lowest BCUT2D eigenvalue weighted by atomic mass is 9.95. The van der Waals surface area contributed by atoms with Gasteiger partial charge in [0.05, 0.1) is 23.7 Å². The molecule has 0 aliphatic carbocycles. The fourth-order valence-electron chi connectivity index (χ4n) is 3.96. The average molecular weight is 425 g/mol. The summed E-state index contributed by atoms with van der Waals surface area (Å²) in [5, 5.41) is 12.4. The SMILES string of the molecule is CCCN1C(=O)C(=O)/C(=C(/O)c2ccc(Cl)c(OC)c2)C1c1c[nH]c2ccccc12. The van der Waals surface area contributed by atoms with Crippen LogP contribution in [0.5, 0.6) is 5.75 Å². The third-order valence-electron chi connectivity index (χ3n) is 5.34. The van der Waals surface area contributed by atoms with Gasteiger partial charge in [-0.3, -0.25) is 9.59 Å². The second-order valence-corrected chi connectivity index (χ2v) is 7.54. The molecule has 1 aliphatic rings. The first-order chi connectivity index (χ1) is 14.5. The molecule has 6 nitrogen and oxygen atoms in total. The Hall–Kier alpha value is -3.25. The highest BCUT2D eigenvalue weighted by atomic mass is 35.5. The maximum atomic E-state index is 13.0. The molecule has 4 rings (SSSR count). The van der Waals surface area contributed by atoms with Gasteiger partial charge in [-0.25, -0.2) is 0 Å². The number of methoxy groups -OCH3 is 1. The van der Waals surface area contributed by atoms with E-state index in [1.54, 1.807) is 24.4 Å². The number of halogens is 1. The summed E-state index contributed by atoms with van der Waals surface area (Å²) in [7, 11) is 1.47. The summed E-state index contributed by atoms with van der Waals surface area (Å²) in [5.41, 5.74) is 2.07. The number of amides is 1. The van der Waals surface area contributed by atoms with Crippen LogP contribution in [0.2, 0.25) is 5.02 Å². The van der Waals surface area contributed by atoms with E-state index in [2.05, 4.69) is 4.98 Å². The highest BCUT2D eigenvalue weighted by Crippen LogP contribution is 2.42. The molecule has 1 saturated heterocycles. The molecule has 0 spiro atoms. The van der Waals surface area contributed by atoms with Crippen LogP contribution in [0.3, 0.4) is 0 Å². The average Bonchev–Trinajstić information content (AvgIpc) is 3.28. The topological polar surface area (TPSA) is 82.6 Å². The van der Waals surface area contributed by atoms with Crippen LogP contribution in [0.4, 0.5) is 0 Å². The standard InChI is InChI=1S/C23H21ClN2O4/c1-3-10-26-20(15-12-25-17-7-5-4-6-14(15)17)19(22(28)23(26)29)21(27)13-8-9-16(24)18(11-13)30-2/h4-9,11-12,20,25,27H,3,10H2,1-2H3/b21-19+. The zero-order valence-electron chi connectivity index (χ0n) is 16.6. The number of carbonyl (C=O) groups excluding carboxylic acids is 2. The van der Waals surface area contributed by atoms with Crippen molar-refractivity contribution in [2.45, 2.75) is 19.4 Å². The number of hydrogen-bond acceptors (Lipinski definition) is 4. The van der Waals surface area contributed by atoms with Gasteiger partial charge in [-0.1, -0.05) is 36.7 Å². The Bertz CT molecular complexity index is 1180. The molecule has 1 fully saturated rings. The summed E-state index contributed by atoms with van der Waals surface area (Å²) in [6.07, 6.45) is 2.47. The molecular weight excluding hydrogens is 404 g/mol. The number of ketones is 1. The van der Waals surface area contributed by atoms with Gasteiger partial charge in [-0.05, 0) is 30.7 Å². The van der Waals surface area contributed by atoms with Gasteiger partial charge < -0.3 is 19.7 Å². The molecule has 30 heavy (non-hydrogen) atoms. The van der Waals surface area contributed by atoms with Crippen molar-refractivity contribution in [3.8, 4) is 5.75 Å². The molecule has 0 saturated carbocycles. The van der Waals surface area contributed by atoms with E-state index < -0.39 is 17.7 Å². The van der Waals surface area contributed by atoms with E-state index in [4.69, 9.17) is 16.3 Å². The first-order valence-electron chi connectivity index (χ1n) is 9.66. The molecule has 0 bridgehead atoms. The second-order valence-electron chi connectivity index (χ2n) is 7.13. The van der Waals surface area contributed by atoms with Gasteiger partial charge >= 0.3 is 0 Å². The zero-order valence-corrected chi connectivity index (χ0v) is 17.4. The number of nitrogens with one attached hydrogen (secondary N) is 1. The Morgan fingerprint density at radius 2 is 2.00 bits per heavy atom. The minimum Gasteiger partial charge on any atom is -0.507 e. The summed E-state index contributed by atoms with van der Waals surface area (Å²) in [5.74, 6) is -1.20. The maximum absolute atomic E-state index is 13.0. The van der Waals surface area contributed by atoms with Crippen molar-refractivity contribution < 1.29 is 19.4 Å². The number of benzene rings is 2. The Balaban J connectivity index is 1.94. The second kappa shape index (κ2) is 7.88. The van der Waals surface area contributed by atoms with Crippen molar-refractivity contribution in [1.82, 2.24) is 9.88 Å². The summed E-state index contributed by atoms with van der Waals surface area (Å²) >= 11 is 6.10. The van der Waals surface area contributed by atoms with Crippen LogP contribution in [0.1, 0.15) is 30.5 Å². The molecule has 2 N–H and O–H groups in total. The minimum atomic E-state index is -0.704. The zero-order chi connectivity index (χ0) is 21.4. The number of aromatic amines is 1. The van der Waals surface area contributed by atoms with Crippen molar-refractivity contribution in [1.29, 1.82) is 0 Å². The molecule has 1 amide bonds. The number of nitrogens with zero attached hydrogens (tertiary/aromatic N) is 1. The quantitative estimate of drug-likeness (QED) is 0.354. The van der Waals surface area contributed by atoms with Crippen LogP contribution in [0.15, 0.2) is 54.2 Å². The molecule has 1 unspecified atom stereocenters. The number of ether oxygens (including phenoxy) is 1. The number of H-pyrrole nitrogens is 1. The van der Waals surface area contributed by atoms with E-state index in [0.29, 0.717) is 29.3 Å². The summed E-state index contributed by atoms with van der Waals surface area (Å²) in [6, 6.07) is 11.7. The van der Waals surface area contributed by atoms with Gasteiger partial charge in [0.25, 0.3) is 11.7 Å². The molecule has 0 radical (unpaired) electrons. The number of likely N-dealkylation sites (tertiary alicyclic amines) is 1. The van der Waals surface area contributed by atoms with Crippen LogP contribution in [-0.2, 0) is 9.59 Å². The van der Waals surface area contributed by atoms with Crippen molar-refractivity contribution in [3.05, 3.63) is 70.4 Å². The first kappa shape index (κ1) is 20.0. The minimum absolute atomic E-state index is 0.0579. The summed E-state index contributed by atoms with van der Waals surface area (Å²) in [4.78, 5) is 30.5. The number of hydrogen-bond donors (Lipinski definition) is 2. The molecule has 7 heteroatoms. The normalized spacial score (nSPS) is 18.4. The predicted octanol–water partition coefficient (Wildman–Crippen LogP) is 4.66. The lowest BCUT2D eigenvalue weighted by Gasteiger charge is -2.24. The van der Waals surface area contributed by atoms with Crippen molar-refractivity contribution >= 4 is 40.0 Å². The molecule has 154 valence electrons. The highest BCUT2D eigenvalue weighted by molar-refractivity contribution is 6.46. The van der Waals surface area contributed by atoms with Crippen LogP contribution in [0, 0.1) is 0 Å². The van der Waals surface area contributed by atoms with E-state index >= 15 is 0 Å². The smallest absolute Gasteiger partial charge is 0.295 e. The Morgan fingerprint density at radius 3 is 2.73 bits per heavy atom. The Kier molecular flexibility index (Phi) is 5.26. The van der Waals surface area contributed by atoms with Crippen LogP contribution < -0.4 is 4.74 Å². The first-order valence-corrected chi connectivity index (χ1v) is 10.0. The Labute approximate surface area is 178 Å². The number of aliphatic hydroxyl groups is 1. The van der Waals surface area contributed by atoms with Crippen molar-refractivity contribution in [2.24, 2.45) is 0 Å². The number of aliphatic hydroxyl groups excluding tert-OH is 1. The monoisotopic (exact) mass is 424 g/mol. The molecule has 1 aromatic heterocycles. The van der Waals surface area contributed by atoms with Crippen LogP contribution in [0.25, 0.3) is 16.7 Å². The van der Waals surface area contributed by atoms with Gasteiger partial charge in [0.15, 0.2) is 0 Å². The van der Waals surface area contributed by atoms with E-state index in [9.17, 15) is 14.7 Å². The molecule has 1 atom stereocenters. The Morgan fingerprint density at radius 1 is 1.23 bits per heavy atom. The van der Waals surface area contributed by atoms with Crippen molar-refractivity contribution in [3.63, 3.8) is 0 Å². The molecular formula is C23H21ClN2O4. The third kappa shape index (κ3) is 3.13. The lowest BCUT2D eigenvalue weighted by Crippen LogP contribution is -2.30. The van der Waals surface area contributed by atoms with Gasteiger partial charge in [0.1, 0.15) is 11.5 Å². The third-order valence-corrected chi connectivity index (χ3v) is 5.66. The number of rotatable bonds is 5. The number of Topliss-reactive ketones (excluding diaryl/α,β-unsaturated/α-hetero) is 1. The number of fused-ring (bicyclic) bond motifs is 1. The molecule has 3 aromatic rings. The van der Waals surface area contributed by atoms with Gasteiger partial charge in [0.2, 0.25) is 0 Å².